The van der Waals surface area contributed by atoms with Gasteiger partial charge in [-0.1, -0.05) is 0 Å². The van der Waals surface area contributed by atoms with E-state index in [4.69, 9.17) is 0 Å². The van der Waals surface area contributed by atoms with Crippen LogP contribution in [0.3, 0.4) is 0 Å². The molecule has 0 saturated carbocycles. The summed E-state index contributed by atoms with van der Waals surface area (Å²) in [4.78, 5) is 0. The average Bonchev–Trinajstić information content (AvgIpc) is 0. The van der Waals surface area contributed by atoms with E-state index in [-0.39, 0.29) is 77.6 Å². The Labute approximate surface area is 76.8 Å². The van der Waals surface area contributed by atoms with Crippen LogP contribution in [0, 0.1) is 0 Å². The first-order chi connectivity index (χ1) is 0. The SMILES string of the molecule is [Al].[B].[Ga+3].[In].[N-3]. The van der Waals surface area contributed by atoms with Gasteiger partial charge in [-0.2, -0.15) is 0 Å². The fraction of sp³-hybridized carbons (Fsp3) is 0. The molecule has 0 unspecified atom stereocenters. The number of hydrogen-bond acceptors (Lipinski definition) is 0. The van der Waals surface area contributed by atoms with Gasteiger partial charge in [-0.15, -0.1) is 0 Å². The van der Waals surface area contributed by atoms with Crippen molar-refractivity contribution in [2.24, 2.45) is 0 Å². The first-order valence-corrected chi connectivity index (χ1v) is 0. The van der Waals surface area contributed by atoms with Crippen molar-refractivity contribution < 1.29 is 0 Å². The van der Waals surface area contributed by atoms with Crippen LogP contribution in [0.25, 0.3) is 6.15 Å². The molecule has 5 heteroatoms. The summed E-state index contributed by atoms with van der Waals surface area (Å²) in [6.07, 6.45) is 0. The summed E-state index contributed by atoms with van der Waals surface area (Å²) in [7, 11) is 0. The molecule has 0 aliphatic carbocycles. The molecule has 5 heavy (non-hydrogen) atoms. The molecule has 0 amide bonds. The molecule has 17 valence electrons. The van der Waals surface area contributed by atoms with E-state index in [1.165, 1.54) is 0 Å². The second-order valence-electron chi connectivity index (χ2n) is 0. The summed E-state index contributed by atoms with van der Waals surface area (Å²) >= 11 is 0. The molecule has 0 heterocycles. The van der Waals surface area contributed by atoms with Gasteiger partial charge in [0.2, 0.25) is 0 Å². The number of nitrogens with zero attached hydrogens (tertiary/aromatic N) is 1. The standard InChI is InChI=1S/Al.B.Ga.In.N/q;;+3;;-3. The molecule has 0 aromatic heterocycles. The maximum Gasteiger partial charge on any atom is 3.00 e. The van der Waals surface area contributed by atoms with E-state index >= 15 is 0 Å². The second-order valence-corrected chi connectivity index (χ2v) is 0. The van der Waals surface area contributed by atoms with Crippen molar-refractivity contribution in [3.8, 4) is 0 Å². The average molecular weight is 236 g/mol. The van der Waals surface area contributed by atoms with Gasteiger partial charge in [0, 0.05) is 51.6 Å². The molecule has 0 rings (SSSR count). The Morgan fingerprint density at radius 3 is 1.00 bits per heavy atom. The van der Waals surface area contributed by atoms with E-state index in [0.717, 1.165) is 0 Å². The minimum Gasteiger partial charge on any atom is -3.00 e. The first-order valence-electron chi connectivity index (χ1n) is 0. The summed E-state index contributed by atoms with van der Waals surface area (Å²) in [6, 6.07) is 0. The molecule has 0 aromatic rings. The molecular weight excluding hydrogens is 236 g/mol. The first kappa shape index (κ1) is 61.0. The monoisotopic (exact) mass is 236 g/mol. The van der Waals surface area contributed by atoms with Gasteiger partial charge in [0.25, 0.3) is 0 Å². The van der Waals surface area contributed by atoms with Crippen molar-refractivity contribution in [2.75, 3.05) is 0 Å². The molecule has 0 fully saturated rings. The van der Waals surface area contributed by atoms with Gasteiger partial charge < -0.3 is 6.15 Å². The van der Waals surface area contributed by atoms with Crippen molar-refractivity contribution in [1.29, 1.82) is 0 Å². The predicted octanol–water partition coefficient (Wildman–Crippen LogP) is -1.23. The molecule has 0 aromatic carbocycles. The largest absolute Gasteiger partial charge is 3.00 e. The fourth-order valence-corrected chi connectivity index (χ4v) is 0. The van der Waals surface area contributed by atoms with Crippen molar-refractivity contribution in [3.63, 3.8) is 0 Å². The Hall–Kier alpha value is 2.06. The van der Waals surface area contributed by atoms with Gasteiger partial charge in [-0.3, -0.25) is 0 Å². The molecule has 0 bridgehead atoms. The van der Waals surface area contributed by atoms with Gasteiger partial charge >= 0.3 is 19.8 Å². The third-order valence-corrected chi connectivity index (χ3v) is 0. The maximum absolute atomic E-state index is 0. The Balaban J connectivity index is 0. The van der Waals surface area contributed by atoms with Crippen LogP contribution >= 0.6 is 0 Å². The summed E-state index contributed by atoms with van der Waals surface area (Å²) in [6.45, 7) is 0. The summed E-state index contributed by atoms with van der Waals surface area (Å²) < 4.78 is 0. The van der Waals surface area contributed by atoms with Crippen molar-refractivity contribution in [3.05, 3.63) is 6.15 Å². The van der Waals surface area contributed by atoms with E-state index in [0.29, 0.717) is 0 Å². The molecule has 0 N–H and O–H groups in total. The molecule has 9 radical (unpaired) electrons. The van der Waals surface area contributed by atoms with Crippen molar-refractivity contribution in [1.82, 2.24) is 0 Å². The van der Waals surface area contributed by atoms with E-state index in [9.17, 15) is 0 Å². The summed E-state index contributed by atoms with van der Waals surface area (Å²) in [5.74, 6) is 0. The second kappa shape index (κ2) is 36.5. The number of rotatable bonds is 0. The topological polar surface area (TPSA) is 30.5 Å². The normalized spacial score (nSPS) is 0. The number of hydrogen-bond donors (Lipinski definition) is 0. The van der Waals surface area contributed by atoms with Crippen LogP contribution in [0.5, 0.6) is 0 Å². The van der Waals surface area contributed by atoms with Gasteiger partial charge in [-0.05, 0) is 0 Å². The maximum atomic E-state index is 0. The molecule has 0 saturated heterocycles. The third-order valence-electron chi connectivity index (χ3n) is 0. The van der Waals surface area contributed by atoms with E-state index in [2.05, 4.69) is 0 Å². The zero-order valence-electron chi connectivity index (χ0n) is 2.76. The zero-order chi connectivity index (χ0) is 0. The Morgan fingerprint density at radius 1 is 1.00 bits per heavy atom. The van der Waals surface area contributed by atoms with E-state index in [1.807, 2.05) is 0 Å². The van der Waals surface area contributed by atoms with Gasteiger partial charge in [-0.25, -0.2) is 0 Å². The molecule has 1 nitrogen and oxygen atoms in total. The van der Waals surface area contributed by atoms with Crippen LogP contribution < -0.4 is 0 Å². The minimum absolute atomic E-state index is 0. The molecule has 0 spiro atoms. The van der Waals surface area contributed by atoms with Crippen LogP contribution in [0.15, 0.2) is 0 Å². The van der Waals surface area contributed by atoms with Gasteiger partial charge in [0.15, 0.2) is 0 Å². The Bertz CT molecular complexity index is 11.6. The smallest absolute Gasteiger partial charge is 3.00 e. The summed E-state index contributed by atoms with van der Waals surface area (Å²) in [5.41, 5.74) is 0. The van der Waals surface area contributed by atoms with Gasteiger partial charge in [0.1, 0.15) is 0 Å². The quantitative estimate of drug-likeness (QED) is 0.471. The molecule has 0 aliphatic heterocycles. The van der Waals surface area contributed by atoms with Gasteiger partial charge in [0.05, 0.1) is 0 Å². The van der Waals surface area contributed by atoms with Crippen LogP contribution in [0.2, 0.25) is 0 Å². The Morgan fingerprint density at radius 2 is 1.00 bits per heavy atom. The van der Waals surface area contributed by atoms with Crippen molar-refractivity contribution >= 4 is 71.4 Å². The van der Waals surface area contributed by atoms with E-state index in [1.54, 1.807) is 0 Å². The third kappa shape index (κ3) is 23.5. The molecule has 0 aliphatic rings. The fourth-order valence-electron chi connectivity index (χ4n) is 0. The van der Waals surface area contributed by atoms with Crippen LogP contribution in [-0.2, 0) is 0 Å². The van der Waals surface area contributed by atoms with E-state index < -0.39 is 0 Å². The van der Waals surface area contributed by atoms with Crippen LogP contribution in [0.4, 0.5) is 0 Å². The van der Waals surface area contributed by atoms with Crippen LogP contribution in [0.1, 0.15) is 0 Å². The zero-order valence-corrected chi connectivity index (χ0v) is 9.63. The van der Waals surface area contributed by atoms with Crippen molar-refractivity contribution in [2.45, 2.75) is 0 Å². The predicted molar refractivity (Wildman–Crippen MR) is 26.4 cm³/mol. The molecule has 0 atom stereocenters. The Kier molecular flexibility index (Phi) is 445. The minimum atomic E-state index is 0. The van der Waals surface area contributed by atoms with Crippen LogP contribution in [-0.4, -0.2) is 71.4 Å². The summed E-state index contributed by atoms with van der Waals surface area (Å²) in [5, 5.41) is 0. The molecular formula is AlBGaInN.